The largest absolute Gasteiger partial charge is 0.498 e. The van der Waals surface area contributed by atoms with E-state index in [1.807, 2.05) is 6.08 Å². The van der Waals surface area contributed by atoms with E-state index >= 15 is 0 Å². The Bertz CT molecular complexity index is 782. The molecule has 0 rings (SSSR count). The first-order valence-electron chi connectivity index (χ1n) is 21.2. The summed E-state index contributed by atoms with van der Waals surface area (Å²) in [7, 11) is -4.28. The zero-order valence-corrected chi connectivity index (χ0v) is 33.8. The second kappa shape index (κ2) is 39.3. The summed E-state index contributed by atoms with van der Waals surface area (Å²) in [5.41, 5.74) is 5.36. The predicted octanol–water partition coefficient (Wildman–Crippen LogP) is 12.7. The minimum absolute atomic E-state index is 0.0384. The molecule has 1 unspecified atom stereocenters. The van der Waals surface area contributed by atoms with Gasteiger partial charge in [-0.1, -0.05) is 187 Å². The summed E-state index contributed by atoms with van der Waals surface area (Å²) in [5, 5.41) is 0. The van der Waals surface area contributed by atoms with Crippen LogP contribution in [0.25, 0.3) is 0 Å². The van der Waals surface area contributed by atoms with E-state index in [-0.39, 0.29) is 32.3 Å². The third-order valence-corrected chi connectivity index (χ3v) is 10.3. The van der Waals surface area contributed by atoms with Gasteiger partial charge in [-0.15, -0.1) is 0 Å². The van der Waals surface area contributed by atoms with Crippen molar-refractivity contribution in [1.29, 1.82) is 0 Å². The van der Waals surface area contributed by atoms with Crippen LogP contribution < -0.4 is 5.73 Å². The number of rotatable bonds is 41. The van der Waals surface area contributed by atoms with E-state index < -0.39 is 13.9 Å². The smallest absolute Gasteiger partial charge is 0.472 e. The highest BCUT2D eigenvalue weighted by Crippen LogP contribution is 2.43. The molecular formula is C41H82NO7P. The molecule has 8 nitrogen and oxygen atoms in total. The lowest BCUT2D eigenvalue weighted by Crippen LogP contribution is -2.27. The molecule has 0 aliphatic rings. The number of unbranched alkanes of at least 4 members (excludes halogenated alkanes) is 28. The van der Waals surface area contributed by atoms with Crippen molar-refractivity contribution in [2.24, 2.45) is 5.73 Å². The molecule has 2 atom stereocenters. The molecule has 0 bridgehead atoms. The molecule has 0 aromatic rings. The van der Waals surface area contributed by atoms with Crippen LogP contribution in [0.5, 0.6) is 0 Å². The Labute approximate surface area is 309 Å². The Morgan fingerprint density at radius 2 is 1.00 bits per heavy atom. The zero-order chi connectivity index (χ0) is 36.6. The van der Waals surface area contributed by atoms with Gasteiger partial charge in [0.2, 0.25) is 0 Å². The molecule has 0 heterocycles. The second-order valence-electron chi connectivity index (χ2n) is 14.3. The van der Waals surface area contributed by atoms with Crippen molar-refractivity contribution in [3.05, 3.63) is 12.3 Å². The highest BCUT2D eigenvalue weighted by Gasteiger charge is 2.25. The summed E-state index contributed by atoms with van der Waals surface area (Å²) in [4.78, 5) is 22.4. The van der Waals surface area contributed by atoms with Gasteiger partial charge >= 0.3 is 13.8 Å². The lowest BCUT2D eigenvalue weighted by Gasteiger charge is -2.19. The molecule has 0 spiro atoms. The molecule has 0 saturated heterocycles. The summed E-state index contributed by atoms with van der Waals surface area (Å²) < 4.78 is 33.2. The van der Waals surface area contributed by atoms with Gasteiger partial charge in [-0.25, -0.2) is 4.57 Å². The molecule has 0 saturated carbocycles. The Balaban J connectivity index is 4.05. The first-order chi connectivity index (χ1) is 24.4. The number of hydrogen-bond acceptors (Lipinski definition) is 7. The van der Waals surface area contributed by atoms with Gasteiger partial charge < -0.3 is 20.1 Å². The van der Waals surface area contributed by atoms with Crippen molar-refractivity contribution in [3.8, 4) is 0 Å². The lowest BCUT2D eigenvalue weighted by atomic mass is 10.0. The fourth-order valence-electron chi connectivity index (χ4n) is 6.14. The van der Waals surface area contributed by atoms with E-state index in [2.05, 4.69) is 13.8 Å². The minimum Gasteiger partial charge on any atom is -0.498 e. The van der Waals surface area contributed by atoms with Crippen molar-refractivity contribution in [2.75, 3.05) is 26.4 Å². The van der Waals surface area contributed by atoms with E-state index in [1.54, 1.807) is 6.26 Å². The van der Waals surface area contributed by atoms with E-state index in [0.717, 1.165) is 32.1 Å². The van der Waals surface area contributed by atoms with E-state index in [0.29, 0.717) is 6.42 Å². The van der Waals surface area contributed by atoms with Crippen molar-refractivity contribution in [3.63, 3.8) is 0 Å². The molecule has 0 radical (unpaired) electrons. The van der Waals surface area contributed by atoms with E-state index in [4.69, 9.17) is 24.3 Å². The van der Waals surface area contributed by atoms with Crippen molar-refractivity contribution < 1.29 is 32.8 Å². The SMILES string of the molecule is CCCCCCCCCCCCCCCCC=COC[C@H](COP(=O)(O)OCCN)OC(=O)CCCCCCCCCCCCCCCCC. The average Bonchev–Trinajstić information content (AvgIpc) is 3.10. The van der Waals surface area contributed by atoms with Crippen LogP contribution in [0.1, 0.15) is 213 Å². The first-order valence-corrected chi connectivity index (χ1v) is 22.7. The Hall–Kier alpha value is -0.920. The average molecular weight is 732 g/mol. The quantitative estimate of drug-likeness (QED) is 0.0276. The molecule has 0 aromatic carbocycles. The fraction of sp³-hybridized carbons (Fsp3) is 0.927. The van der Waals surface area contributed by atoms with Crippen molar-refractivity contribution in [1.82, 2.24) is 0 Å². The second-order valence-corrected chi connectivity index (χ2v) is 15.7. The number of ether oxygens (including phenoxy) is 2. The maximum atomic E-state index is 12.5. The molecule has 9 heteroatoms. The van der Waals surface area contributed by atoms with Crippen LogP contribution in [-0.4, -0.2) is 43.3 Å². The number of allylic oxidation sites excluding steroid dienone is 1. The van der Waals surface area contributed by atoms with Crippen LogP contribution in [0.15, 0.2) is 12.3 Å². The minimum atomic E-state index is -4.28. The van der Waals surface area contributed by atoms with Crippen molar-refractivity contribution in [2.45, 2.75) is 219 Å². The van der Waals surface area contributed by atoms with Gasteiger partial charge in [-0.05, 0) is 25.3 Å². The third kappa shape index (κ3) is 38.3. The maximum Gasteiger partial charge on any atom is 0.472 e. The van der Waals surface area contributed by atoms with Crippen LogP contribution in [-0.2, 0) is 27.9 Å². The van der Waals surface area contributed by atoms with Gasteiger partial charge in [-0.3, -0.25) is 13.8 Å². The molecule has 0 aromatic heterocycles. The van der Waals surface area contributed by atoms with Gasteiger partial charge in [0.15, 0.2) is 6.10 Å². The van der Waals surface area contributed by atoms with Gasteiger partial charge in [0.25, 0.3) is 0 Å². The number of carbonyl (C=O) groups is 1. The van der Waals surface area contributed by atoms with Gasteiger partial charge in [0.05, 0.1) is 19.5 Å². The van der Waals surface area contributed by atoms with Gasteiger partial charge in [-0.2, -0.15) is 0 Å². The highest BCUT2D eigenvalue weighted by molar-refractivity contribution is 7.47. The molecule has 0 aliphatic heterocycles. The Morgan fingerprint density at radius 3 is 1.42 bits per heavy atom. The standard InChI is InChI=1S/C41H82NO7P/c1-3-5-7-9-11-13-15-17-19-21-23-25-27-29-31-33-36-46-38-40(39-48-50(44,45)47-37-35-42)49-41(43)34-32-30-28-26-24-22-20-18-16-14-12-10-8-6-4-2/h33,36,40H,3-32,34-35,37-39,42H2,1-2H3,(H,44,45)/t40-/m1/s1. The molecule has 50 heavy (non-hydrogen) atoms. The molecular weight excluding hydrogens is 649 g/mol. The maximum absolute atomic E-state index is 12.5. The zero-order valence-electron chi connectivity index (χ0n) is 32.9. The lowest BCUT2D eigenvalue weighted by molar-refractivity contribution is -0.153. The topological polar surface area (TPSA) is 117 Å². The summed E-state index contributed by atoms with van der Waals surface area (Å²) >= 11 is 0. The molecule has 0 amide bonds. The number of carbonyl (C=O) groups excluding carboxylic acids is 1. The van der Waals surface area contributed by atoms with Crippen LogP contribution in [0, 0.1) is 0 Å². The van der Waals surface area contributed by atoms with Gasteiger partial charge in [0, 0.05) is 13.0 Å². The highest BCUT2D eigenvalue weighted by atomic mass is 31.2. The number of nitrogens with two attached hydrogens (primary N) is 1. The number of esters is 1. The van der Waals surface area contributed by atoms with Crippen LogP contribution in [0.2, 0.25) is 0 Å². The molecule has 3 N–H and O–H groups in total. The van der Waals surface area contributed by atoms with Crippen LogP contribution >= 0.6 is 7.82 Å². The monoisotopic (exact) mass is 732 g/mol. The summed E-state index contributed by atoms with van der Waals surface area (Å²) in [6, 6.07) is 0. The van der Waals surface area contributed by atoms with Crippen LogP contribution in [0.3, 0.4) is 0 Å². The summed E-state index contributed by atoms with van der Waals surface area (Å²) in [5.74, 6) is -0.348. The van der Waals surface area contributed by atoms with E-state index in [9.17, 15) is 14.3 Å². The number of hydrogen-bond donors (Lipinski definition) is 2. The predicted molar refractivity (Wildman–Crippen MR) is 210 cm³/mol. The molecule has 0 aliphatic carbocycles. The van der Waals surface area contributed by atoms with E-state index in [1.165, 1.54) is 161 Å². The first kappa shape index (κ1) is 49.1. The van der Waals surface area contributed by atoms with Crippen LogP contribution in [0.4, 0.5) is 0 Å². The summed E-state index contributed by atoms with van der Waals surface area (Å²) in [6.07, 6.45) is 41.7. The number of phosphoric acid groups is 1. The normalized spacial score (nSPS) is 13.5. The Morgan fingerprint density at radius 1 is 0.600 bits per heavy atom. The summed E-state index contributed by atoms with van der Waals surface area (Å²) in [6.45, 7) is 4.27. The third-order valence-electron chi connectivity index (χ3n) is 9.28. The number of phosphoric ester groups is 1. The van der Waals surface area contributed by atoms with Gasteiger partial charge in [0.1, 0.15) is 6.61 Å². The fourth-order valence-corrected chi connectivity index (χ4v) is 6.91. The molecule has 0 fully saturated rings. The molecule has 298 valence electrons. The Kier molecular flexibility index (Phi) is 38.6. The van der Waals surface area contributed by atoms with Crippen molar-refractivity contribution >= 4 is 13.8 Å².